The van der Waals surface area contributed by atoms with E-state index in [4.69, 9.17) is 5.26 Å². The van der Waals surface area contributed by atoms with Gasteiger partial charge in [0.2, 0.25) is 5.91 Å². The molecule has 0 saturated carbocycles. The Balaban J connectivity index is 0.00000147. The van der Waals surface area contributed by atoms with E-state index >= 15 is 0 Å². The fourth-order valence-electron chi connectivity index (χ4n) is 2.20. The Kier molecular flexibility index (Phi) is 4.18. The normalized spacial score (nSPS) is 14.8. The molecule has 0 unspecified atom stereocenters. The van der Waals surface area contributed by atoms with E-state index < -0.39 is 0 Å². The molecule has 20 heavy (non-hydrogen) atoms. The zero-order valence-electron chi connectivity index (χ0n) is 10.7. The third kappa shape index (κ3) is 2.57. The number of carbonyl (C=O) groups is 1. The van der Waals surface area contributed by atoms with Crippen LogP contribution in [-0.2, 0) is 4.79 Å². The molecule has 3 rings (SSSR count). The van der Waals surface area contributed by atoms with E-state index in [0.717, 1.165) is 17.3 Å². The minimum Gasteiger partial charge on any atom is -0.307 e. The first-order valence-corrected chi connectivity index (χ1v) is 6.09. The molecule has 1 amide bonds. The lowest BCUT2D eigenvalue weighted by Gasteiger charge is -2.26. The third-order valence-electron chi connectivity index (χ3n) is 3.20. The van der Waals surface area contributed by atoms with Crippen LogP contribution in [0, 0.1) is 11.3 Å². The van der Waals surface area contributed by atoms with Crippen molar-refractivity contribution in [2.24, 2.45) is 0 Å². The van der Waals surface area contributed by atoms with Crippen LogP contribution in [-0.4, -0.2) is 30.5 Å². The summed E-state index contributed by atoms with van der Waals surface area (Å²) in [5.74, 6) is 0.704. The number of hydrogen-bond acceptors (Lipinski definition) is 4. The molecular formula is C14H13ClN4O. The summed E-state index contributed by atoms with van der Waals surface area (Å²) in [6.45, 7) is 1.76. The Hall–Kier alpha value is -2.16. The Labute approximate surface area is 122 Å². The molecule has 0 aliphatic carbocycles. The summed E-state index contributed by atoms with van der Waals surface area (Å²) >= 11 is 0. The zero-order valence-corrected chi connectivity index (χ0v) is 11.5. The Bertz CT molecular complexity index is 695. The first-order valence-electron chi connectivity index (χ1n) is 6.09. The number of rotatable bonds is 1. The molecule has 1 saturated heterocycles. The number of nitrogens with zero attached hydrogens (tertiary/aromatic N) is 3. The molecule has 1 N–H and O–H groups in total. The van der Waals surface area contributed by atoms with Crippen LogP contribution in [0.3, 0.4) is 0 Å². The minimum absolute atomic E-state index is 0. The highest BCUT2D eigenvalue weighted by molar-refractivity contribution is 5.96. The monoisotopic (exact) mass is 288 g/mol. The summed E-state index contributed by atoms with van der Waals surface area (Å²) < 4.78 is 0. The molecule has 1 fully saturated rings. The van der Waals surface area contributed by atoms with Gasteiger partial charge in [-0.05, 0) is 23.6 Å². The molecule has 2 heterocycles. The van der Waals surface area contributed by atoms with Crippen molar-refractivity contribution in [2.45, 2.75) is 0 Å². The van der Waals surface area contributed by atoms with Crippen LogP contribution < -0.4 is 10.2 Å². The van der Waals surface area contributed by atoms with Gasteiger partial charge in [-0.2, -0.15) is 5.26 Å². The Morgan fingerprint density at radius 1 is 1.30 bits per heavy atom. The summed E-state index contributed by atoms with van der Waals surface area (Å²) in [5, 5.41) is 13.8. The van der Waals surface area contributed by atoms with Gasteiger partial charge in [-0.25, -0.2) is 4.98 Å². The topological polar surface area (TPSA) is 69.0 Å². The first-order chi connectivity index (χ1) is 9.28. The molecule has 2 aromatic rings. The second-order valence-electron chi connectivity index (χ2n) is 4.44. The van der Waals surface area contributed by atoms with E-state index in [9.17, 15) is 4.79 Å². The van der Waals surface area contributed by atoms with Crippen molar-refractivity contribution in [3.8, 4) is 6.07 Å². The molecule has 102 valence electrons. The van der Waals surface area contributed by atoms with Gasteiger partial charge in [0, 0.05) is 24.7 Å². The van der Waals surface area contributed by atoms with Gasteiger partial charge in [0.25, 0.3) is 0 Å². The minimum atomic E-state index is 0. The maximum absolute atomic E-state index is 11.8. The molecule has 1 aromatic heterocycles. The van der Waals surface area contributed by atoms with Crippen molar-refractivity contribution in [3.63, 3.8) is 0 Å². The van der Waals surface area contributed by atoms with Crippen molar-refractivity contribution in [3.05, 3.63) is 36.0 Å². The van der Waals surface area contributed by atoms with Gasteiger partial charge in [0.05, 0.1) is 18.2 Å². The number of benzene rings is 1. The second-order valence-corrected chi connectivity index (χ2v) is 4.44. The molecule has 1 aliphatic heterocycles. The molecule has 0 radical (unpaired) electrons. The van der Waals surface area contributed by atoms with E-state index in [1.54, 1.807) is 23.2 Å². The van der Waals surface area contributed by atoms with Gasteiger partial charge in [-0.3, -0.25) is 9.69 Å². The van der Waals surface area contributed by atoms with E-state index in [-0.39, 0.29) is 18.3 Å². The number of pyridine rings is 1. The maximum atomic E-state index is 11.8. The number of nitrogens with one attached hydrogen (secondary N) is 1. The quantitative estimate of drug-likeness (QED) is 0.863. The highest BCUT2D eigenvalue weighted by atomic mass is 35.5. The van der Waals surface area contributed by atoms with Crippen LogP contribution in [0.5, 0.6) is 0 Å². The van der Waals surface area contributed by atoms with Crippen LogP contribution >= 0.6 is 12.4 Å². The van der Waals surface area contributed by atoms with Crippen molar-refractivity contribution >= 4 is 34.9 Å². The molecular weight excluding hydrogens is 276 g/mol. The highest BCUT2D eigenvalue weighted by Gasteiger charge is 2.20. The van der Waals surface area contributed by atoms with E-state index in [2.05, 4.69) is 16.4 Å². The van der Waals surface area contributed by atoms with Gasteiger partial charge < -0.3 is 5.32 Å². The number of halogens is 1. The van der Waals surface area contributed by atoms with Crippen molar-refractivity contribution in [1.29, 1.82) is 5.26 Å². The molecule has 1 aromatic carbocycles. The summed E-state index contributed by atoms with van der Waals surface area (Å²) in [6.07, 6.45) is 1.71. The lowest BCUT2D eigenvalue weighted by Crippen LogP contribution is -2.48. The fraction of sp³-hybridized carbons (Fsp3) is 0.214. The molecule has 1 aliphatic rings. The smallest absolute Gasteiger partial charge is 0.242 e. The number of anilines is 1. The zero-order chi connectivity index (χ0) is 13.2. The van der Waals surface area contributed by atoms with E-state index in [1.807, 2.05) is 12.1 Å². The average molecular weight is 289 g/mol. The number of carbonyl (C=O) groups excluding carboxylic acids is 1. The van der Waals surface area contributed by atoms with Gasteiger partial charge in [-0.15, -0.1) is 12.4 Å². The predicted octanol–water partition coefficient (Wildman–Crippen LogP) is 1.46. The van der Waals surface area contributed by atoms with Gasteiger partial charge in [0.15, 0.2) is 0 Å². The summed E-state index contributed by atoms with van der Waals surface area (Å²) in [5.41, 5.74) is 0.611. The number of amides is 1. The average Bonchev–Trinajstić information content (AvgIpc) is 2.46. The third-order valence-corrected chi connectivity index (χ3v) is 3.20. The number of piperazine rings is 1. The van der Waals surface area contributed by atoms with Gasteiger partial charge in [0.1, 0.15) is 5.82 Å². The predicted molar refractivity (Wildman–Crippen MR) is 78.9 cm³/mol. The number of hydrogen-bond donors (Lipinski definition) is 1. The Morgan fingerprint density at radius 2 is 2.15 bits per heavy atom. The van der Waals surface area contributed by atoms with E-state index in [0.29, 0.717) is 24.5 Å². The van der Waals surface area contributed by atoms with Crippen molar-refractivity contribution < 1.29 is 4.79 Å². The largest absolute Gasteiger partial charge is 0.307 e. The van der Waals surface area contributed by atoms with Crippen LogP contribution in [0.4, 0.5) is 5.82 Å². The number of nitriles is 1. The molecule has 0 spiro atoms. The summed E-state index contributed by atoms with van der Waals surface area (Å²) in [7, 11) is 0. The van der Waals surface area contributed by atoms with Gasteiger partial charge >= 0.3 is 0 Å². The van der Waals surface area contributed by atoms with Crippen molar-refractivity contribution in [1.82, 2.24) is 10.3 Å². The van der Waals surface area contributed by atoms with E-state index in [1.165, 1.54) is 0 Å². The lowest BCUT2D eigenvalue weighted by atomic mass is 10.1. The summed E-state index contributed by atoms with van der Waals surface area (Å²) in [4.78, 5) is 17.8. The maximum Gasteiger partial charge on any atom is 0.242 e. The fourth-order valence-corrected chi connectivity index (χ4v) is 2.20. The standard InChI is InChI=1S/C14H12N4O.ClH/c15-7-10-1-2-11-6-13(17-8-12(11)5-10)18-4-3-16-9-14(18)19;/h1-2,5-6,8,16H,3-4,9H2;1H. The number of fused-ring (bicyclic) bond motifs is 1. The summed E-state index contributed by atoms with van der Waals surface area (Å²) in [6, 6.07) is 9.44. The van der Waals surface area contributed by atoms with Crippen LogP contribution in [0.2, 0.25) is 0 Å². The molecule has 6 heteroatoms. The molecule has 0 atom stereocenters. The van der Waals surface area contributed by atoms with Crippen LogP contribution in [0.1, 0.15) is 5.56 Å². The molecule has 5 nitrogen and oxygen atoms in total. The lowest BCUT2D eigenvalue weighted by molar-refractivity contribution is -0.118. The van der Waals surface area contributed by atoms with Crippen LogP contribution in [0.15, 0.2) is 30.5 Å². The van der Waals surface area contributed by atoms with Crippen LogP contribution in [0.25, 0.3) is 10.8 Å². The SMILES string of the molecule is Cl.N#Cc1ccc2cc(N3CCNCC3=O)ncc2c1. The highest BCUT2D eigenvalue weighted by Crippen LogP contribution is 2.21. The van der Waals surface area contributed by atoms with Crippen molar-refractivity contribution in [2.75, 3.05) is 24.5 Å². The van der Waals surface area contributed by atoms with Gasteiger partial charge in [-0.1, -0.05) is 6.07 Å². The second kappa shape index (κ2) is 5.87. The number of aromatic nitrogens is 1. The first kappa shape index (κ1) is 14.3. The molecule has 0 bridgehead atoms. The Morgan fingerprint density at radius 3 is 2.90 bits per heavy atom.